The molecule has 0 saturated carbocycles. The standard InChI is InChI=1S/C13H13BrN2O2S/c1-9-3-2-4-10(7-9)16-19(17,18)11-5-6-12(14)13(15)8-11/h2-8,16H,15H2,1H3. The van der Waals surface area contributed by atoms with Crippen LogP contribution < -0.4 is 10.5 Å². The van der Waals surface area contributed by atoms with Crippen molar-refractivity contribution in [2.24, 2.45) is 0 Å². The van der Waals surface area contributed by atoms with Crippen LogP contribution in [0.1, 0.15) is 5.56 Å². The fourth-order valence-corrected chi connectivity index (χ4v) is 2.94. The smallest absolute Gasteiger partial charge is 0.261 e. The molecule has 0 saturated heterocycles. The Hall–Kier alpha value is -1.53. The Labute approximate surface area is 120 Å². The fraction of sp³-hybridized carbons (Fsp3) is 0.0769. The van der Waals surface area contributed by atoms with Crippen LogP contribution in [0.2, 0.25) is 0 Å². The third kappa shape index (κ3) is 3.27. The first-order valence-electron chi connectivity index (χ1n) is 5.53. The summed E-state index contributed by atoms with van der Waals surface area (Å²) in [5.74, 6) is 0. The van der Waals surface area contributed by atoms with Crippen LogP contribution >= 0.6 is 15.9 Å². The summed E-state index contributed by atoms with van der Waals surface area (Å²) in [6, 6.07) is 11.7. The normalized spacial score (nSPS) is 11.3. The molecule has 0 aliphatic carbocycles. The van der Waals surface area contributed by atoms with E-state index in [2.05, 4.69) is 20.7 Å². The van der Waals surface area contributed by atoms with Gasteiger partial charge in [-0.1, -0.05) is 12.1 Å². The van der Waals surface area contributed by atoms with E-state index < -0.39 is 10.0 Å². The van der Waals surface area contributed by atoms with E-state index in [0.717, 1.165) is 5.56 Å². The van der Waals surface area contributed by atoms with Crippen molar-refractivity contribution in [1.29, 1.82) is 0 Å². The number of hydrogen-bond acceptors (Lipinski definition) is 3. The van der Waals surface area contributed by atoms with Gasteiger partial charge in [-0.05, 0) is 58.7 Å². The van der Waals surface area contributed by atoms with Crippen LogP contribution in [-0.4, -0.2) is 8.42 Å². The Balaban J connectivity index is 2.35. The molecular weight excluding hydrogens is 328 g/mol. The van der Waals surface area contributed by atoms with Crippen molar-refractivity contribution in [1.82, 2.24) is 0 Å². The lowest BCUT2D eigenvalue weighted by atomic mass is 10.2. The van der Waals surface area contributed by atoms with Gasteiger partial charge in [-0.2, -0.15) is 0 Å². The molecule has 0 aliphatic heterocycles. The van der Waals surface area contributed by atoms with Crippen LogP contribution in [0.5, 0.6) is 0 Å². The minimum Gasteiger partial charge on any atom is -0.398 e. The lowest BCUT2D eigenvalue weighted by Crippen LogP contribution is -2.13. The SMILES string of the molecule is Cc1cccc(NS(=O)(=O)c2ccc(Br)c(N)c2)c1. The number of halogens is 1. The minimum atomic E-state index is -3.62. The van der Waals surface area contributed by atoms with E-state index in [1.807, 2.05) is 13.0 Å². The second kappa shape index (κ2) is 5.22. The van der Waals surface area contributed by atoms with Gasteiger partial charge in [0, 0.05) is 15.8 Å². The number of anilines is 2. The van der Waals surface area contributed by atoms with Crippen LogP contribution in [0.3, 0.4) is 0 Å². The number of nitrogens with two attached hydrogens (primary N) is 1. The molecule has 100 valence electrons. The van der Waals surface area contributed by atoms with Crippen molar-refractivity contribution in [3.05, 3.63) is 52.5 Å². The molecule has 0 heterocycles. The maximum Gasteiger partial charge on any atom is 0.261 e. The lowest BCUT2D eigenvalue weighted by Gasteiger charge is -2.09. The van der Waals surface area contributed by atoms with Crippen LogP contribution in [-0.2, 0) is 10.0 Å². The number of aryl methyl sites for hydroxylation is 1. The molecule has 19 heavy (non-hydrogen) atoms. The fourth-order valence-electron chi connectivity index (χ4n) is 1.61. The van der Waals surface area contributed by atoms with Crippen molar-refractivity contribution < 1.29 is 8.42 Å². The molecule has 2 aromatic rings. The molecule has 0 aliphatic rings. The minimum absolute atomic E-state index is 0.134. The molecule has 0 radical (unpaired) electrons. The molecular formula is C13H13BrN2O2S. The number of rotatable bonds is 3. The maximum atomic E-state index is 12.2. The van der Waals surface area contributed by atoms with Crippen molar-refractivity contribution in [2.75, 3.05) is 10.5 Å². The summed E-state index contributed by atoms with van der Waals surface area (Å²) < 4.78 is 27.6. The highest BCUT2D eigenvalue weighted by Gasteiger charge is 2.15. The van der Waals surface area contributed by atoms with E-state index in [0.29, 0.717) is 15.8 Å². The third-order valence-electron chi connectivity index (χ3n) is 2.55. The van der Waals surface area contributed by atoms with Crippen LogP contribution in [0.4, 0.5) is 11.4 Å². The van der Waals surface area contributed by atoms with E-state index in [9.17, 15) is 8.42 Å². The molecule has 0 aromatic heterocycles. The van der Waals surface area contributed by atoms with Gasteiger partial charge in [0.25, 0.3) is 10.0 Å². The summed E-state index contributed by atoms with van der Waals surface area (Å²) in [5, 5.41) is 0. The summed E-state index contributed by atoms with van der Waals surface area (Å²) in [5.41, 5.74) is 7.59. The zero-order valence-corrected chi connectivity index (χ0v) is 12.6. The summed E-state index contributed by atoms with van der Waals surface area (Å²) >= 11 is 3.23. The lowest BCUT2D eigenvalue weighted by molar-refractivity contribution is 0.601. The van der Waals surface area contributed by atoms with Crippen molar-refractivity contribution in [3.8, 4) is 0 Å². The van der Waals surface area contributed by atoms with Crippen molar-refractivity contribution in [2.45, 2.75) is 11.8 Å². The monoisotopic (exact) mass is 340 g/mol. The highest BCUT2D eigenvalue weighted by molar-refractivity contribution is 9.10. The predicted molar refractivity (Wildman–Crippen MR) is 80.5 cm³/mol. The molecule has 0 unspecified atom stereocenters. The zero-order chi connectivity index (χ0) is 14.0. The quantitative estimate of drug-likeness (QED) is 0.843. The number of benzene rings is 2. The average Bonchev–Trinajstić information content (AvgIpc) is 2.32. The summed E-state index contributed by atoms with van der Waals surface area (Å²) in [6.45, 7) is 1.90. The molecule has 2 aromatic carbocycles. The number of nitrogens with one attached hydrogen (secondary N) is 1. The molecule has 0 amide bonds. The summed E-state index contributed by atoms with van der Waals surface area (Å²) in [4.78, 5) is 0.134. The van der Waals surface area contributed by atoms with Gasteiger partial charge in [0.15, 0.2) is 0 Å². The first-order valence-corrected chi connectivity index (χ1v) is 7.80. The van der Waals surface area contributed by atoms with Crippen LogP contribution in [0.25, 0.3) is 0 Å². The van der Waals surface area contributed by atoms with E-state index in [4.69, 9.17) is 5.73 Å². The number of nitrogen functional groups attached to an aromatic ring is 1. The van der Waals surface area contributed by atoms with Crippen LogP contribution in [0.15, 0.2) is 51.8 Å². The van der Waals surface area contributed by atoms with Crippen LogP contribution in [0, 0.1) is 6.92 Å². The number of sulfonamides is 1. The second-order valence-corrected chi connectivity index (χ2v) is 6.70. The molecule has 0 atom stereocenters. The second-order valence-electron chi connectivity index (χ2n) is 4.16. The van der Waals surface area contributed by atoms with Crippen molar-refractivity contribution >= 4 is 37.3 Å². The van der Waals surface area contributed by atoms with E-state index in [1.165, 1.54) is 12.1 Å². The summed E-state index contributed by atoms with van der Waals surface area (Å²) in [6.07, 6.45) is 0. The Bertz CT molecular complexity index is 714. The molecule has 2 rings (SSSR count). The summed E-state index contributed by atoms with van der Waals surface area (Å²) in [7, 11) is -3.62. The molecule has 6 heteroatoms. The topological polar surface area (TPSA) is 72.2 Å². The maximum absolute atomic E-state index is 12.2. The first-order chi connectivity index (χ1) is 8.88. The van der Waals surface area contributed by atoms with Gasteiger partial charge in [0.05, 0.1) is 4.90 Å². The Morgan fingerprint density at radius 1 is 1.16 bits per heavy atom. The van der Waals surface area contributed by atoms with E-state index in [1.54, 1.807) is 24.3 Å². The largest absolute Gasteiger partial charge is 0.398 e. The van der Waals surface area contributed by atoms with E-state index in [-0.39, 0.29) is 4.90 Å². The van der Waals surface area contributed by atoms with Gasteiger partial charge < -0.3 is 5.73 Å². The first kappa shape index (κ1) is 13.9. The highest BCUT2D eigenvalue weighted by Crippen LogP contribution is 2.24. The average molecular weight is 341 g/mol. The van der Waals surface area contributed by atoms with Crippen molar-refractivity contribution in [3.63, 3.8) is 0 Å². The molecule has 3 N–H and O–H groups in total. The van der Waals surface area contributed by atoms with Gasteiger partial charge in [-0.3, -0.25) is 4.72 Å². The van der Waals surface area contributed by atoms with E-state index >= 15 is 0 Å². The van der Waals surface area contributed by atoms with Gasteiger partial charge in [0.2, 0.25) is 0 Å². The Morgan fingerprint density at radius 3 is 2.53 bits per heavy atom. The highest BCUT2D eigenvalue weighted by atomic mass is 79.9. The molecule has 0 bridgehead atoms. The molecule has 4 nitrogen and oxygen atoms in total. The third-order valence-corrected chi connectivity index (χ3v) is 4.65. The molecule has 0 fully saturated rings. The Kier molecular flexibility index (Phi) is 3.82. The van der Waals surface area contributed by atoms with Gasteiger partial charge >= 0.3 is 0 Å². The molecule has 0 spiro atoms. The number of hydrogen-bond donors (Lipinski definition) is 2. The van der Waals surface area contributed by atoms with Gasteiger partial charge in [-0.15, -0.1) is 0 Å². The van der Waals surface area contributed by atoms with Gasteiger partial charge in [0.1, 0.15) is 0 Å². The Morgan fingerprint density at radius 2 is 1.89 bits per heavy atom. The zero-order valence-electron chi connectivity index (χ0n) is 10.2. The van der Waals surface area contributed by atoms with Gasteiger partial charge in [-0.25, -0.2) is 8.42 Å². The predicted octanol–water partition coefficient (Wildman–Crippen LogP) is 3.14.